The van der Waals surface area contributed by atoms with Crippen LogP contribution in [0.4, 0.5) is 5.82 Å². The predicted molar refractivity (Wildman–Crippen MR) is 97.5 cm³/mol. The summed E-state index contributed by atoms with van der Waals surface area (Å²) >= 11 is 0. The molecule has 26 heavy (non-hydrogen) atoms. The van der Waals surface area contributed by atoms with Crippen LogP contribution in [0.15, 0.2) is 66.9 Å². The van der Waals surface area contributed by atoms with Gasteiger partial charge >= 0.3 is 0 Å². The third-order valence-corrected chi connectivity index (χ3v) is 4.05. The van der Waals surface area contributed by atoms with Crippen LogP contribution >= 0.6 is 0 Å². The van der Waals surface area contributed by atoms with Crippen molar-refractivity contribution in [3.63, 3.8) is 0 Å². The summed E-state index contributed by atoms with van der Waals surface area (Å²) in [5, 5.41) is 26.5. The number of aromatic nitrogens is 2. The molecule has 1 unspecified atom stereocenters. The number of carbonyl (C=O) groups excluding carboxylic acids is 1. The molecule has 6 heteroatoms. The lowest BCUT2D eigenvalue weighted by Crippen LogP contribution is -2.29. The molecule has 3 aromatic rings. The number of benzene rings is 2. The summed E-state index contributed by atoms with van der Waals surface area (Å²) in [4.78, 5) is 12.4. The highest BCUT2D eigenvalue weighted by Crippen LogP contribution is 2.25. The summed E-state index contributed by atoms with van der Waals surface area (Å²) in [7, 11) is 0. The molecule has 1 atom stereocenters. The second-order valence-corrected chi connectivity index (χ2v) is 6.15. The minimum absolute atomic E-state index is 0.0877. The number of aliphatic hydroxyl groups is 1. The summed E-state index contributed by atoms with van der Waals surface area (Å²) in [5.41, 5.74) is 0.672. The van der Waals surface area contributed by atoms with Gasteiger partial charge in [0.1, 0.15) is 5.82 Å². The summed E-state index contributed by atoms with van der Waals surface area (Å²) in [5.74, 6) is 0.165. The Labute approximate surface area is 151 Å². The molecule has 0 spiro atoms. The molecule has 0 saturated heterocycles. The molecule has 6 nitrogen and oxygen atoms in total. The van der Waals surface area contributed by atoms with E-state index in [1.807, 2.05) is 18.2 Å². The number of hydrogen-bond acceptors (Lipinski definition) is 4. The van der Waals surface area contributed by atoms with E-state index < -0.39 is 5.60 Å². The van der Waals surface area contributed by atoms with Gasteiger partial charge in [0.2, 0.25) is 5.91 Å². The third kappa shape index (κ3) is 3.79. The van der Waals surface area contributed by atoms with Gasteiger partial charge in [0.15, 0.2) is 0 Å². The fourth-order valence-corrected chi connectivity index (χ4v) is 2.68. The van der Waals surface area contributed by atoms with Gasteiger partial charge in [-0.3, -0.25) is 4.79 Å². The van der Waals surface area contributed by atoms with Crippen molar-refractivity contribution in [3.8, 4) is 11.8 Å². The van der Waals surface area contributed by atoms with Gasteiger partial charge in [-0.1, -0.05) is 30.3 Å². The lowest BCUT2D eigenvalue weighted by molar-refractivity contribution is -0.120. The Morgan fingerprint density at radius 3 is 2.54 bits per heavy atom. The Morgan fingerprint density at radius 1 is 1.19 bits per heavy atom. The van der Waals surface area contributed by atoms with Crippen LogP contribution in [0, 0.1) is 11.3 Å². The molecular formula is C20H18N4O2. The molecule has 3 rings (SSSR count). The largest absolute Gasteiger partial charge is 0.385 e. The molecule has 0 radical (unpaired) electrons. The number of carbonyl (C=O) groups is 1. The highest BCUT2D eigenvalue weighted by atomic mass is 16.3. The first-order chi connectivity index (χ1) is 12.5. The van der Waals surface area contributed by atoms with Crippen LogP contribution in [-0.2, 0) is 10.4 Å². The van der Waals surface area contributed by atoms with Crippen molar-refractivity contribution in [2.24, 2.45) is 0 Å². The average molecular weight is 346 g/mol. The Balaban J connectivity index is 1.74. The predicted octanol–water partition coefficient (Wildman–Crippen LogP) is 2.98. The minimum Gasteiger partial charge on any atom is -0.385 e. The summed E-state index contributed by atoms with van der Waals surface area (Å²) in [6, 6.07) is 19.7. The highest BCUT2D eigenvalue weighted by Gasteiger charge is 2.26. The normalized spacial score (nSPS) is 12.8. The minimum atomic E-state index is -1.27. The first-order valence-electron chi connectivity index (χ1n) is 8.12. The SMILES string of the molecule is CC(O)(CC(=O)Nc1ccnn1-c1ccc(C#N)cc1)c1ccccc1. The number of amides is 1. The lowest BCUT2D eigenvalue weighted by atomic mass is 9.92. The first-order valence-corrected chi connectivity index (χ1v) is 8.12. The maximum absolute atomic E-state index is 12.4. The molecule has 0 aliphatic carbocycles. The number of hydrogen-bond donors (Lipinski definition) is 2. The second kappa shape index (κ2) is 7.21. The highest BCUT2D eigenvalue weighted by molar-refractivity contribution is 5.90. The summed E-state index contributed by atoms with van der Waals surface area (Å²) in [6.07, 6.45) is 1.48. The molecule has 0 aliphatic heterocycles. The molecule has 130 valence electrons. The fraction of sp³-hybridized carbons (Fsp3) is 0.150. The van der Waals surface area contributed by atoms with E-state index in [0.29, 0.717) is 16.9 Å². The topological polar surface area (TPSA) is 90.9 Å². The number of rotatable bonds is 5. The molecular weight excluding hydrogens is 328 g/mol. The quantitative estimate of drug-likeness (QED) is 0.743. The van der Waals surface area contributed by atoms with Gasteiger partial charge in [-0.2, -0.15) is 10.4 Å². The maximum Gasteiger partial charge on any atom is 0.228 e. The van der Waals surface area contributed by atoms with Gasteiger partial charge in [0, 0.05) is 6.07 Å². The zero-order chi connectivity index (χ0) is 18.6. The Morgan fingerprint density at radius 2 is 1.88 bits per heavy atom. The third-order valence-electron chi connectivity index (χ3n) is 4.05. The Hall–Kier alpha value is -3.43. The van der Waals surface area contributed by atoms with E-state index in [-0.39, 0.29) is 12.3 Å². The number of nitrogens with one attached hydrogen (secondary N) is 1. The van der Waals surface area contributed by atoms with Crippen molar-refractivity contribution in [1.82, 2.24) is 9.78 Å². The number of nitrogens with zero attached hydrogens (tertiary/aromatic N) is 3. The van der Waals surface area contributed by atoms with Crippen molar-refractivity contribution >= 4 is 11.7 Å². The molecule has 1 amide bonds. The van der Waals surface area contributed by atoms with E-state index in [4.69, 9.17) is 5.26 Å². The van der Waals surface area contributed by atoms with Crippen LogP contribution in [0.25, 0.3) is 5.69 Å². The van der Waals surface area contributed by atoms with Gasteiger partial charge in [-0.05, 0) is 36.8 Å². The van der Waals surface area contributed by atoms with E-state index in [1.54, 1.807) is 60.3 Å². The zero-order valence-electron chi connectivity index (χ0n) is 14.3. The number of anilines is 1. The van der Waals surface area contributed by atoms with Crippen molar-refractivity contribution in [1.29, 1.82) is 5.26 Å². The molecule has 1 aromatic heterocycles. The van der Waals surface area contributed by atoms with E-state index >= 15 is 0 Å². The van der Waals surface area contributed by atoms with Crippen LogP contribution in [0.5, 0.6) is 0 Å². The Kier molecular flexibility index (Phi) is 4.83. The van der Waals surface area contributed by atoms with Gasteiger partial charge in [0.25, 0.3) is 0 Å². The zero-order valence-corrected chi connectivity index (χ0v) is 14.3. The van der Waals surface area contributed by atoms with E-state index in [2.05, 4.69) is 16.5 Å². The number of nitriles is 1. The standard InChI is InChI=1S/C20H18N4O2/c1-20(26,16-5-3-2-4-6-16)13-19(25)23-18-11-12-22-24(18)17-9-7-15(14-21)8-10-17/h2-12,26H,13H2,1H3,(H,23,25). The van der Waals surface area contributed by atoms with Crippen molar-refractivity contribution < 1.29 is 9.90 Å². The average Bonchev–Trinajstić information content (AvgIpc) is 3.10. The van der Waals surface area contributed by atoms with E-state index in [0.717, 1.165) is 5.69 Å². The molecule has 0 fully saturated rings. The van der Waals surface area contributed by atoms with Crippen molar-refractivity contribution in [3.05, 3.63) is 78.0 Å². The summed E-state index contributed by atoms with van der Waals surface area (Å²) in [6.45, 7) is 1.61. The van der Waals surface area contributed by atoms with Crippen LogP contribution in [0.2, 0.25) is 0 Å². The molecule has 2 N–H and O–H groups in total. The molecule has 1 heterocycles. The maximum atomic E-state index is 12.4. The van der Waals surface area contributed by atoms with Crippen LogP contribution < -0.4 is 5.32 Å². The van der Waals surface area contributed by atoms with Crippen LogP contribution in [0.1, 0.15) is 24.5 Å². The van der Waals surface area contributed by atoms with Crippen molar-refractivity contribution in [2.75, 3.05) is 5.32 Å². The van der Waals surface area contributed by atoms with Gasteiger partial charge < -0.3 is 10.4 Å². The van der Waals surface area contributed by atoms with E-state index in [9.17, 15) is 9.90 Å². The first kappa shape index (κ1) is 17.4. The van der Waals surface area contributed by atoms with Gasteiger partial charge in [-0.25, -0.2) is 4.68 Å². The van der Waals surface area contributed by atoms with Gasteiger partial charge in [0.05, 0.1) is 35.5 Å². The smallest absolute Gasteiger partial charge is 0.228 e. The van der Waals surface area contributed by atoms with Crippen LogP contribution in [-0.4, -0.2) is 20.8 Å². The lowest BCUT2D eigenvalue weighted by Gasteiger charge is -2.23. The molecule has 0 aliphatic rings. The second-order valence-electron chi connectivity index (χ2n) is 6.15. The molecule has 0 saturated carbocycles. The van der Waals surface area contributed by atoms with Crippen LogP contribution in [0.3, 0.4) is 0 Å². The van der Waals surface area contributed by atoms with Gasteiger partial charge in [-0.15, -0.1) is 0 Å². The molecule has 0 bridgehead atoms. The fourth-order valence-electron chi connectivity index (χ4n) is 2.68. The summed E-state index contributed by atoms with van der Waals surface area (Å²) < 4.78 is 1.57. The molecule has 2 aromatic carbocycles. The Bertz CT molecular complexity index is 938. The van der Waals surface area contributed by atoms with E-state index in [1.165, 1.54) is 0 Å². The monoisotopic (exact) mass is 346 g/mol. The van der Waals surface area contributed by atoms with Crippen molar-refractivity contribution in [2.45, 2.75) is 18.9 Å².